The Bertz CT molecular complexity index is 1050. The van der Waals surface area contributed by atoms with Crippen molar-refractivity contribution in [3.05, 3.63) is 59.1 Å². The number of sulfonamides is 1. The summed E-state index contributed by atoms with van der Waals surface area (Å²) < 4.78 is 26.2. The minimum Gasteiger partial charge on any atom is -0.347 e. The average molecular weight is 466 g/mol. The Morgan fingerprint density at radius 3 is 2.16 bits per heavy atom. The Labute approximate surface area is 188 Å². The van der Waals surface area contributed by atoms with E-state index >= 15 is 0 Å². The van der Waals surface area contributed by atoms with E-state index in [0.29, 0.717) is 16.4 Å². The Morgan fingerprint density at radius 2 is 1.65 bits per heavy atom. The number of anilines is 2. The smallest absolute Gasteiger partial charge is 0.253 e. The molecule has 1 unspecified atom stereocenters. The van der Waals surface area contributed by atoms with Gasteiger partial charge in [0.2, 0.25) is 15.9 Å². The van der Waals surface area contributed by atoms with Crippen LogP contribution in [-0.4, -0.2) is 38.1 Å². The number of rotatable bonds is 7. The van der Waals surface area contributed by atoms with Crippen molar-refractivity contribution in [2.24, 2.45) is 0 Å². The van der Waals surface area contributed by atoms with Crippen LogP contribution in [0.25, 0.3) is 0 Å². The Morgan fingerprint density at radius 1 is 1.06 bits per heavy atom. The molecule has 168 valence electrons. The predicted octanol–water partition coefficient (Wildman–Crippen LogP) is 4.05. The summed E-state index contributed by atoms with van der Waals surface area (Å²) in [4.78, 5) is 25.8. The number of benzene rings is 2. The molecule has 0 spiro atoms. The fraction of sp³-hybridized carbons (Fsp3) is 0.364. The number of carbonyl (C=O) groups excluding carboxylic acids is 2. The van der Waals surface area contributed by atoms with Crippen molar-refractivity contribution < 1.29 is 18.0 Å². The lowest BCUT2D eigenvalue weighted by Crippen LogP contribution is -2.47. The quantitative estimate of drug-likeness (QED) is 0.644. The van der Waals surface area contributed by atoms with Crippen LogP contribution in [0, 0.1) is 0 Å². The topological polar surface area (TPSA) is 95.6 Å². The fourth-order valence-electron chi connectivity index (χ4n) is 3.06. The summed E-state index contributed by atoms with van der Waals surface area (Å²) in [5.41, 5.74) is 0.463. The van der Waals surface area contributed by atoms with E-state index in [9.17, 15) is 18.0 Å². The fourth-order valence-corrected chi connectivity index (χ4v) is 4.40. The van der Waals surface area contributed by atoms with Gasteiger partial charge in [-0.15, -0.1) is 0 Å². The van der Waals surface area contributed by atoms with Crippen LogP contribution in [0.4, 0.5) is 11.4 Å². The molecular weight excluding hydrogens is 438 g/mol. The zero-order valence-corrected chi connectivity index (χ0v) is 19.8. The molecule has 9 heteroatoms. The number of para-hydroxylation sites is 1. The van der Waals surface area contributed by atoms with Crippen LogP contribution in [0.1, 0.15) is 44.5 Å². The summed E-state index contributed by atoms with van der Waals surface area (Å²) in [6.45, 7) is 7.29. The van der Waals surface area contributed by atoms with E-state index in [1.807, 2.05) is 20.8 Å². The Balaban J connectivity index is 2.38. The molecule has 0 aliphatic carbocycles. The number of amides is 2. The summed E-state index contributed by atoms with van der Waals surface area (Å²) in [5.74, 6) is -0.881. The molecule has 0 aliphatic heterocycles. The first-order valence-corrected chi connectivity index (χ1v) is 12.0. The van der Waals surface area contributed by atoms with Gasteiger partial charge in [-0.05, 0) is 63.6 Å². The minimum atomic E-state index is -3.78. The van der Waals surface area contributed by atoms with E-state index in [2.05, 4.69) is 10.6 Å². The van der Waals surface area contributed by atoms with Crippen molar-refractivity contribution in [3.63, 3.8) is 0 Å². The molecule has 0 fully saturated rings. The molecule has 2 rings (SSSR count). The second-order valence-corrected chi connectivity index (χ2v) is 10.5. The molecule has 0 bridgehead atoms. The third kappa shape index (κ3) is 6.70. The van der Waals surface area contributed by atoms with Crippen LogP contribution in [-0.2, 0) is 14.8 Å². The molecule has 2 amide bonds. The molecule has 0 saturated carbocycles. The highest BCUT2D eigenvalue weighted by Crippen LogP contribution is 2.25. The van der Waals surface area contributed by atoms with E-state index in [0.717, 1.165) is 10.6 Å². The highest BCUT2D eigenvalue weighted by molar-refractivity contribution is 7.92. The first-order valence-electron chi connectivity index (χ1n) is 9.81. The molecule has 31 heavy (non-hydrogen) atoms. The van der Waals surface area contributed by atoms with Crippen LogP contribution in [0.2, 0.25) is 5.02 Å². The number of carbonyl (C=O) groups is 2. The van der Waals surface area contributed by atoms with Gasteiger partial charge in [0.25, 0.3) is 5.91 Å². The Hall–Kier alpha value is -2.58. The summed E-state index contributed by atoms with van der Waals surface area (Å²) in [6.07, 6.45) is 1.26. The zero-order valence-electron chi connectivity index (χ0n) is 18.3. The highest BCUT2D eigenvalue weighted by Gasteiger charge is 2.32. The highest BCUT2D eigenvalue weighted by atomic mass is 35.5. The van der Waals surface area contributed by atoms with Gasteiger partial charge < -0.3 is 10.6 Å². The molecule has 7 nitrogen and oxygen atoms in total. The van der Waals surface area contributed by atoms with Gasteiger partial charge in [0.05, 0.1) is 23.2 Å². The Kier molecular flexibility index (Phi) is 7.72. The molecule has 2 N–H and O–H groups in total. The zero-order chi connectivity index (χ0) is 23.4. The maximum absolute atomic E-state index is 13.2. The van der Waals surface area contributed by atoms with Gasteiger partial charge >= 0.3 is 0 Å². The normalized spacial score (nSPS) is 12.7. The molecule has 2 aromatic carbocycles. The van der Waals surface area contributed by atoms with Gasteiger partial charge in [-0.1, -0.05) is 30.7 Å². The van der Waals surface area contributed by atoms with E-state index in [1.165, 1.54) is 0 Å². The van der Waals surface area contributed by atoms with Crippen molar-refractivity contribution >= 4 is 44.8 Å². The molecule has 2 aromatic rings. The van der Waals surface area contributed by atoms with E-state index in [1.54, 1.807) is 55.5 Å². The first kappa shape index (κ1) is 24.7. The number of halogens is 1. The van der Waals surface area contributed by atoms with Crippen molar-refractivity contribution in [2.45, 2.75) is 45.7 Å². The molecule has 0 radical (unpaired) electrons. The summed E-state index contributed by atoms with van der Waals surface area (Å²) >= 11 is 5.92. The first-order chi connectivity index (χ1) is 14.3. The van der Waals surface area contributed by atoms with Gasteiger partial charge in [-0.2, -0.15) is 0 Å². The third-order valence-electron chi connectivity index (χ3n) is 4.33. The number of nitrogens with one attached hydrogen (secondary N) is 2. The van der Waals surface area contributed by atoms with Crippen LogP contribution < -0.4 is 14.9 Å². The maximum atomic E-state index is 13.2. The van der Waals surface area contributed by atoms with Crippen molar-refractivity contribution in [2.75, 3.05) is 15.9 Å². The summed E-state index contributed by atoms with van der Waals surface area (Å²) in [5, 5.41) is 6.04. The lowest BCUT2D eigenvalue weighted by atomic mass is 10.1. The number of hydrogen-bond donors (Lipinski definition) is 2. The molecule has 0 heterocycles. The minimum absolute atomic E-state index is 0.220. The maximum Gasteiger partial charge on any atom is 0.253 e. The van der Waals surface area contributed by atoms with E-state index in [-0.39, 0.29) is 17.9 Å². The lowest BCUT2D eigenvalue weighted by Gasteiger charge is -2.30. The van der Waals surface area contributed by atoms with Gasteiger partial charge in [0.15, 0.2) is 0 Å². The number of hydrogen-bond acceptors (Lipinski definition) is 4. The van der Waals surface area contributed by atoms with Gasteiger partial charge in [0, 0.05) is 10.6 Å². The SMILES string of the molecule is CCC(C(=O)Nc1ccccc1C(=O)NC(C)(C)C)N(c1ccc(Cl)cc1)S(C)(=O)=O. The molecule has 0 saturated heterocycles. The summed E-state index contributed by atoms with van der Waals surface area (Å²) in [6, 6.07) is 11.8. The summed E-state index contributed by atoms with van der Waals surface area (Å²) in [7, 11) is -3.78. The number of nitrogens with zero attached hydrogens (tertiary/aromatic N) is 1. The molecule has 1 atom stereocenters. The lowest BCUT2D eigenvalue weighted by molar-refractivity contribution is -0.117. The van der Waals surface area contributed by atoms with Crippen LogP contribution in [0.15, 0.2) is 48.5 Å². The predicted molar refractivity (Wildman–Crippen MR) is 125 cm³/mol. The molecule has 0 aliphatic rings. The third-order valence-corrected chi connectivity index (χ3v) is 5.76. The van der Waals surface area contributed by atoms with Gasteiger partial charge in [-0.3, -0.25) is 13.9 Å². The largest absolute Gasteiger partial charge is 0.347 e. The van der Waals surface area contributed by atoms with Crippen molar-refractivity contribution in [1.82, 2.24) is 5.32 Å². The monoisotopic (exact) mass is 465 g/mol. The van der Waals surface area contributed by atoms with Crippen LogP contribution >= 0.6 is 11.6 Å². The van der Waals surface area contributed by atoms with E-state index < -0.39 is 27.5 Å². The molecular formula is C22H28ClN3O4S. The molecule has 0 aromatic heterocycles. The standard InChI is InChI=1S/C22H28ClN3O4S/c1-6-19(26(31(5,29)30)16-13-11-15(23)12-14-16)21(28)24-18-10-8-7-9-17(18)20(27)25-22(2,3)4/h7-14,19H,6H2,1-5H3,(H,24,28)(H,25,27). The van der Waals surface area contributed by atoms with Crippen LogP contribution in [0.3, 0.4) is 0 Å². The average Bonchev–Trinajstić information content (AvgIpc) is 2.65. The van der Waals surface area contributed by atoms with Gasteiger partial charge in [-0.25, -0.2) is 8.42 Å². The van der Waals surface area contributed by atoms with Crippen molar-refractivity contribution in [1.29, 1.82) is 0 Å². The second-order valence-electron chi connectivity index (χ2n) is 8.20. The van der Waals surface area contributed by atoms with Crippen LogP contribution in [0.5, 0.6) is 0 Å². The van der Waals surface area contributed by atoms with Gasteiger partial charge in [0.1, 0.15) is 6.04 Å². The second kappa shape index (κ2) is 9.70. The van der Waals surface area contributed by atoms with E-state index in [4.69, 9.17) is 11.6 Å². The van der Waals surface area contributed by atoms with Crippen molar-refractivity contribution in [3.8, 4) is 0 Å².